The van der Waals surface area contributed by atoms with Gasteiger partial charge in [0.1, 0.15) is 10.3 Å². The first-order valence-corrected chi connectivity index (χ1v) is 2.70. The molecule has 0 rings (SSSR count). The lowest BCUT2D eigenvalue weighted by atomic mass is 10.3. The standard InChI is InChI=1S/C4H4Cl2N2O/c5-3(7)2(1-9)4(6)8/h1,7H,8H2/b4-2-,7-3?. The fraction of sp³-hybridized carbons (Fsp3) is 0. The Bertz CT molecular complexity index is 171. The highest BCUT2D eigenvalue weighted by molar-refractivity contribution is 6.71. The summed E-state index contributed by atoms with van der Waals surface area (Å²) in [5.41, 5.74) is 4.75. The molecular weight excluding hydrogens is 163 g/mol. The van der Waals surface area contributed by atoms with Crippen LogP contribution in [0.5, 0.6) is 0 Å². The summed E-state index contributed by atoms with van der Waals surface area (Å²) < 4.78 is 0. The van der Waals surface area contributed by atoms with Crippen LogP contribution >= 0.6 is 23.2 Å². The maximum Gasteiger partial charge on any atom is 0.156 e. The Morgan fingerprint density at radius 3 is 2.00 bits per heavy atom. The van der Waals surface area contributed by atoms with E-state index in [1.807, 2.05) is 0 Å². The molecule has 0 bridgehead atoms. The molecule has 0 heterocycles. The van der Waals surface area contributed by atoms with Crippen LogP contribution in [0.1, 0.15) is 0 Å². The molecule has 0 aliphatic rings. The summed E-state index contributed by atoms with van der Waals surface area (Å²) in [7, 11) is 0. The molecule has 0 saturated heterocycles. The van der Waals surface area contributed by atoms with Crippen LogP contribution in [0, 0.1) is 5.41 Å². The van der Waals surface area contributed by atoms with Gasteiger partial charge in [0.2, 0.25) is 0 Å². The Labute approximate surface area is 61.9 Å². The van der Waals surface area contributed by atoms with Crippen LogP contribution in [-0.4, -0.2) is 11.5 Å². The number of hydrogen-bond donors (Lipinski definition) is 2. The first-order valence-electron chi connectivity index (χ1n) is 1.94. The molecule has 0 amide bonds. The van der Waals surface area contributed by atoms with Crippen molar-refractivity contribution in [2.24, 2.45) is 5.73 Å². The summed E-state index contributed by atoms with van der Waals surface area (Å²) in [6, 6.07) is 0. The number of halogens is 2. The summed E-state index contributed by atoms with van der Waals surface area (Å²) in [6.45, 7) is 0. The molecule has 0 atom stereocenters. The van der Waals surface area contributed by atoms with Crippen molar-refractivity contribution >= 4 is 34.7 Å². The molecule has 0 aromatic heterocycles. The van der Waals surface area contributed by atoms with E-state index in [9.17, 15) is 4.79 Å². The van der Waals surface area contributed by atoms with Crippen LogP contribution in [0.3, 0.4) is 0 Å². The van der Waals surface area contributed by atoms with Gasteiger partial charge in [-0.3, -0.25) is 10.2 Å². The zero-order valence-electron chi connectivity index (χ0n) is 4.32. The third kappa shape index (κ3) is 2.49. The van der Waals surface area contributed by atoms with Crippen LogP contribution < -0.4 is 5.73 Å². The van der Waals surface area contributed by atoms with Gasteiger partial charge in [-0.15, -0.1) is 0 Å². The van der Waals surface area contributed by atoms with E-state index in [-0.39, 0.29) is 10.7 Å². The van der Waals surface area contributed by atoms with Gasteiger partial charge in [0, 0.05) is 0 Å². The monoisotopic (exact) mass is 166 g/mol. The van der Waals surface area contributed by atoms with E-state index in [0.717, 1.165) is 0 Å². The minimum atomic E-state index is -0.447. The smallest absolute Gasteiger partial charge is 0.156 e. The summed E-state index contributed by atoms with van der Waals surface area (Å²) >= 11 is 10.2. The SMILES string of the molecule is N=C(Cl)/C(C=O)=C(\N)Cl. The van der Waals surface area contributed by atoms with Gasteiger partial charge in [-0.05, 0) is 0 Å². The second-order valence-corrected chi connectivity index (χ2v) is 1.98. The number of aldehydes is 1. The summed E-state index contributed by atoms with van der Waals surface area (Å²) in [5, 5.41) is 5.99. The van der Waals surface area contributed by atoms with Crippen LogP contribution in [-0.2, 0) is 4.79 Å². The van der Waals surface area contributed by atoms with Crippen LogP contribution in [0.2, 0.25) is 0 Å². The normalized spacial score (nSPS) is 12.2. The van der Waals surface area contributed by atoms with E-state index in [2.05, 4.69) is 0 Å². The third-order valence-electron chi connectivity index (χ3n) is 0.612. The van der Waals surface area contributed by atoms with Crippen molar-refractivity contribution in [1.29, 1.82) is 5.41 Å². The highest BCUT2D eigenvalue weighted by Gasteiger charge is 2.03. The molecule has 3 nitrogen and oxygen atoms in total. The second-order valence-electron chi connectivity index (χ2n) is 1.19. The van der Waals surface area contributed by atoms with Gasteiger partial charge in [-0.2, -0.15) is 0 Å². The van der Waals surface area contributed by atoms with Crippen molar-refractivity contribution in [3.05, 3.63) is 10.7 Å². The van der Waals surface area contributed by atoms with Gasteiger partial charge in [0.15, 0.2) is 6.29 Å². The maximum absolute atomic E-state index is 9.94. The van der Waals surface area contributed by atoms with Crippen molar-refractivity contribution in [3.8, 4) is 0 Å². The van der Waals surface area contributed by atoms with Crippen molar-refractivity contribution in [1.82, 2.24) is 0 Å². The average Bonchev–Trinajstić information content (AvgIpc) is 1.64. The third-order valence-corrected chi connectivity index (χ3v) is 1.02. The Morgan fingerprint density at radius 1 is 1.56 bits per heavy atom. The highest BCUT2D eigenvalue weighted by atomic mass is 35.5. The van der Waals surface area contributed by atoms with Gasteiger partial charge in [0.05, 0.1) is 5.57 Å². The first-order chi connectivity index (χ1) is 4.09. The molecule has 0 saturated carbocycles. The molecule has 9 heavy (non-hydrogen) atoms. The van der Waals surface area contributed by atoms with Crippen molar-refractivity contribution in [3.63, 3.8) is 0 Å². The topological polar surface area (TPSA) is 66.9 Å². The molecule has 50 valence electrons. The van der Waals surface area contributed by atoms with E-state index in [1.165, 1.54) is 0 Å². The summed E-state index contributed by atoms with van der Waals surface area (Å²) in [5.74, 6) is 0. The predicted molar refractivity (Wildman–Crippen MR) is 36.7 cm³/mol. The lowest BCUT2D eigenvalue weighted by molar-refractivity contribution is -0.104. The largest absolute Gasteiger partial charge is 0.389 e. The van der Waals surface area contributed by atoms with E-state index >= 15 is 0 Å². The van der Waals surface area contributed by atoms with E-state index < -0.39 is 5.17 Å². The number of carbonyl (C=O) groups excluding carboxylic acids is 1. The molecule has 0 fully saturated rings. The van der Waals surface area contributed by atoms with Crippen molar-refractivity contribution in [2.45, 2.75) is 0 Å². The Kier molecular flexibility index (Phi) is 3.27. The molecule has 0 aromatic rings. The predicted octanol–water partition coefficient (Wildman–Crippen LogP) is 0.810. The van der Waals surface area contributed by atoms with Gasteiger partial charge < -0.3 is 5.73 Å². The zero-order chi connectivity index (χ0) is 7.44. The fourth-order valence-electron chi connectivity index (χ4n) is 0.213. The molecule has 0 radical (unpaired) electrons. The average molecular weight is 167 g/mol. The van der Waals surface area contributed by atoms with Crippen LogP contribution in [0.15, 0.2) is 10.7 Å². The lowest BCUT2D eigenvalue weighted by Gasteiger charge is -1.91. The number of allylic oxidation sites excluding steroid dienone is 1. The van der Waals surface area contributed by atoms with Crippen LogP contribution in [0.25, 0.3) is 0 Å². The number of nitrogens with one attached hydrogen (secondary N) is 1. The molecule has 0 unspecified atom stereocenters. The van der Waals surface area contributed by atoms with E-state index in [1.54, 1.807) is 0 Å². The van der Waals surface area contributed by atoms with Crippen LogP contribution in [0.4, 0.5) is 0 Å². The lowest BCUT2D eigenvalue weighted by Crippen LogP contribution is -2.02. The number of hydrogen-bond acceptors (Lipinski definition) is 3. The van der Waals surface area contributed by atoms with E-state index in [4.69, 9.17) is 34.3 Å². The van der Waals surface area contributed by atoms with E-state index in [0.29, 0.717) is 6.29 Å². The molecular formula is C4H4Cl2N2O. The van der Waals surface area contributed by atoms with Gasteiger partial charge in [0.25, 0.3) is 0 Å². The zero-order valence-corrected chi connectivity index (χ0v) is 5.83. The van der Waals surface area contributed by atoms with Gasteiger partial charge in [-0.1, -0.05) is 23.2 Å². The molecule has 0 aliphatic heterocycles. The fourth-order valence-corrected chi connectivity index (χ4v) is 0.547. The van der Waals surface area contributed by atoms with Gasteiger partial charge >= 0.3 is 0 Å². The molecule has 0 aliphatic carbocycles. The second kappa shape index (κ2) is 3.48. The molecule has 3 N–H and O–H groups in total. The maximum atomic E-state index is 9.94. The van der Waals surface area contributed by atoms with Gasteiger partial charge in [-0.25, -0.2) is 0 Å². The number of carbonyl (C=O) groups is 1. The molecule has 5 heteroatoms. The molecule has 0 spiro atoms. The Hall–Kier alpha value is -0.540. The van der Waals surface area contributed by atoms with Crippen molar-refractivity contribution < 1.29 is 4.79 Å². The number of rotatable bonds is 2. The minimum Gasteiger partial charge on any atom is -0.389 e. The Morgan fingerprint density at radius 2 is 2.00 bits per heavy atom. The first kappa shape index (κ1) is 8.46. The minimum absolute atomic E-state index is 0.182. The molecule has 0 aromatic carbocycles. The number of nitrogens with two attached hydrogens (primary N) is 1. The quantitative estimate of drug-likeness (QED) is 0.276. The summed E-state index contributed by atoms with van der Waals surface area (Å²) in [6.07, 6.45) is 0.331. The highest BCUT2D eigenvalue weighted by Crippen LogP contribution is 2.03. The Balaban J connectivity index is 4.55. The summed E-state index contributed by atoms with van der Waals surface area (Å²) in [4.78, 5) is 9.94. The van der Waals surface area contributed by atoms with Crippen molar-refractivity contribution in [2.75, 3.05) is 0 Å².